The molecule has 0 bridgehead atoms. The van der Waals surface area contributed by atoms with Gasteiger partial charge in [0, 0.05) is 10.7 Å². The van der Waals surface area contributed by atoms with Crippen molar-refractivity contribution in [1.29, 1.82) is 0 Å². The van der Waals surface area contributed by atoms with E-state index in [9.17, 15) is 0 Å². The second kappa shape index (κ2) is 4.83. The van der Waals surface area contributed by atoms with Crippen LogP contribution in [0, 0.1) is 13.8 Å². The van der Waals surface area contributed by atoms with Crippen LogP contribution in [0.1, 0.15) is 11.1 Å². The maximum Gasteiger partial charge on any atom is 0.188 e. The summed E-state index contributed by atoms with van der Waals surface area (Å²) in [5, 5.41) is 4.97. The third kappa shape index (κ3) is 2.57. The first-order valence-electron chi connectivity index (χ1n) is 6.02. The molecule has 1 heterocycles. The van der Waals surface area contributed by atoms with E-state index in [2.05, 4.69) is 42.3 Å². The fourth-order valence-electron chi connectivity index (χ4n) is 1.93. The zero-order chi connectivity index (χ0) is 13.4. The number of nitrogens with one attached hydrogen (secondary N) is 1. The molecule has 0 unspecified atom stereocenters. The molecule has 0 radical (unpaired) electrons. The largest absolute Gasteiger partial charge is 0.331 e. The molecule has 0 aliphatic carbocycles. The standard InChI is InChI=1S/C15H13ClN2S/c1-9-3-6-12-14(7-9)19-15(17-12)18-13-8-11(16)5-4-10(13)2/h3-8H,1-2H3,(H,17,18). The van der Waals surface area contributed by atoms with Gasteiger partial charge in [0.2, 0.25) is 0 Å². The average Bonchev–Trinajstić information content (AvgIpc) is 2.75. The molecule has 0 aliphatic heterocycles. The Morgan fingerprint density at radius 1 is 1.11 bits per heavy atom. The van der Waals surface area contributed by atoms with Crippen molar-refractivity contribution in [3.8, 4) is 0 Å². The second-order valence-electron chi connectivity index (χ2n) is 4.57. The molecule has 0 amide bonds. The first kappa shape index (κ1) is 12.5. The minimum atomic E-state index is 0.727. The molecule has 0 fully saturated rings. The van der Waals surface area contributed by atoms with Gasteiger partial charge in [-0.1, -0.05) is 35.1 Å². The highest BCUT2D eigenvalue weighted by Gasteiger charge is 2.06. The summed E-state index contributed by atoms with van der Waals surface area (Å²) in [6, 6.07) is 12.1. The monoisotopic (exact) mass is 288 g/mol. The van der Waals surface area contributed by atoms with Crippen LogP contribution >= 0.6 is 22.9 Å². The van der Waals surface area contributed by atoms with Crippen molar-refractivity contribution in [2.24, 2.45) is 0 Å². The first-order chi connectivity index (χ1) is 9.11. The van der Waals surface area contributed by atoms with Crippen LogP contribution in [0.3, 0.4) is 0 Å². The van der Waals surface area contributed by atoms with E-state index in [0.717, 1.165) is 26.9 Å². The highest BCUT2D eigenvalue weighted by atomic mass is 35.5. The van der Waals surface area contributed by atoms with Gasteiger partial charge in [0.25, 0.3) is 0 Å². The van der Waals surface area contributed by atoms with Gasteiger partial charge in [0.1, 0.15) is 0 Å². The lowest BCUT2D eigenvalue weighted by Crippen LogP contribution is -1.91. The number of anilines is 2. The predicted octanol–water partition coefficient (Wildman–Crippen LogP) is 5.31. The molecule has 2 nitrogen and oxygen atoms in total. The zero-order valence-electron chi connectivity index (χ0n) is 10.7. The Balaban J connectivity index is 1.98. The van der Waals surface area contributed by atoms with Crippen molar-refractivity contribution in [3.63, 3.8) is 0 Å². The number of rotatable bonds is 2. The number of halogens is 1. The van der Waals surface area contributed by atoms with Crippen LogP contribution < -0.4 is 5.32 Å². The Labute approximate surface area is 121 Å². The molecule has 1 aromatic heterocycles. The highest BCUT2D eigenvalue weighted by Crippen LogP contribution is 2.30. The van der Waals surface area contributed by atoms with Crippen molar-refractivity contribution in [3.05, 3.63) is 52.5 Å². The van der Waals surface area contributed by atoms with Crippen LogP contribution in [-0.2, 0) is 0 Å². The van der Waals surface area contributed by atoms with Crippen molar-refractivity contribution < 1.29 is 0 Å². The van der Waals surface area contributed by atoms with E-state index in [1.165, 1.54) is 10.3 Å². The summed E-state index contributed by atoms with van der Waals surface area (Å²) in [5.74, 6) is 0. The topological polar surface area (TPSA) is 24.9 Å². The van der Waals surface area contributed by atoms with Crippen LogP contribution in [0.15, 0.2) is 36.4 Å². The zero-order valence-corrected chi connectivity index (χ0v) is 12.3. The van der Waals surface area contributed by atoms with E-state index in [1.807, 2.05) is 18.2 Å². The molecule has 19 heavy (non-hydrogen) atoms. The number of fused-ring (bicyclic) bond motifs is 1. The van der Waals surface area contributed by atoms with E-state index in [-0.39, 0.29) is 0 Å². The molecule has 0 spiro atoms. The molecular formula is C15H13ClN2S. The maximum atomic E-state index is 6.03. The Hall–Kier alpha value is -1.58. The lowest BCUT2D eigenvalue weighted by Gasteiger charge is -2.06. The Morgan fingerprint density at radius 3 is 2.79 bits per heavy atom. The lowest BCUT2D eigenvalue weighted by molar-refractivity contribution is 1.39. The maximum absolute atomic E-state index is 6.03. The minimum Gasteiger partial charge on any atom is -0.331 e. The predicted molar refractivity (Wildman–Crippen MR) is 83.8 cm³/mol. The SMILES string of the molecule is Cc1ccc2nc(Nc3cc(Cl)ccc3C)sc2c1. The first-order valence-corrected chi connectivity index (χ1v) is 7.21. The van der Waals surface area contributed by atoms with Gasteiger partial charge in [-0.05, 0) is 49.2 Å². The van der Waals surface area contributed by atoms with Gasteiger partial charge in [0.05, 0.1) is 10.2 Å². The van der Waals surface area contributed by atoms with Gasteiger partial charge in [0.15, 0.2) is 5.13 Å². The molecule has 3 aromatic rings. The molecule has 96 valence electrons. The average molecular weight is 289 g/mol. The van der Waals surface area contributed by atoms with E-state index in [0.29, 0.717) is 0 Å². The summed E-state index contributed by atoms with van der Waals surface area (Å²) in [6.45, 7) is 4.14. The summed E-state index contributed by atoms with van der Waals surface area (Å²) in [4.78, 5) is 4.58. The molecular weight excluding hydrogens is 276 g/mol. The van der Waals surface area contributed by atoms with Gasteiger partial charge in [-0.3, -0.25) is 0 Å². The molecule has 0 atom stereocenters. The van der Waals surface area contributed by atoms with Crippen molar-refractivity contribution in [1.82, 2.24) is 4.98 Å². The molecule has 3 rings (SSSR count). The molecule has 2 aromatic carbocycles. The quantitative estimate of drug-likeness (QED) is 0.691. The summed E-state index contributed by atoms with van der Waals surface area (Å²) < 4.78 is 1.20. The normalized spacial score (nSPS) is 10.9. The van der Waals surface area contributed by atoms with Crippen LogP contribution in [0.2, 0.25) is 5.02 Å². The van der Waals surface area contributed by atoms with Crippen LogP contribution in [-0.4, -0.2) is 4.98 Å². The minimum absolute atomic E-state index is 0.727. The van der Waals surface area contributed by atoms with E-state index in [4.69, 9.17) is 11.6 Å². The number of aromatic nitrogens is 1. The molecule has 4 heteroatoms. The third-order valence-corrected chi connectivity index (χ3v) is 4.15. The number of benzene rings is 2. The number of nitrogens with zero attached hydrogens (tertiary/aromatic N) is 1. The number of thiazole rings is 1. The summed E-state index contributed by atoms with van der Waals surface area (Å²) >= 11 is 7.68. The van der Waals surface area contributed by atoms with E-state index in [1.54, 1.807) is 11.3 Å². The Morgan fingerprint density at radius 2 is 1.95 bits per heavy atom. The van der Waals surface area contributed by atoms with Crippen molar-refractivity contribution in [2.75, 3.05) is 5.32 Å². The highest BCUT2D eigenvalue weighted by molar-refractivity contribution is 7.22. The van der Waals surface area contributed by atoms with E-state index < -0.39 is 0 Å². The Kier molecular flexibility index (Phi) is 3.17. The summed E-state index contributed by atoms with van der Waals surface area (Å²) in [5.41, 5.74) is 4.43. The lowest BCUT2D eigenvalue weighted by atomic mass is 10.2. The second-order valence-corrected chi connectivity index (χ2v) is 6.04. The summed E-state index contributed by atoms with van der Waals surface area (Å²) in [7, 11) is 0. The molecule has 0 saturated heterocycles. The van der Waals surface area contributed by atoms with Gasteiger partial charge in [-0.2, -0.15) is 0 Å². The van der Waals surface area contributed by atoms with Gasteiger partial charge < -0.3 is 5.32 Å². The van der Waals surface area contributed by atoms with Gasteiger partial charge in [-0.15, -0.1) is 0 Å². The Bertz CT molecular complexity index is 749. The van der Waals surface area contributed by atoms with E-state index >= 15 is 0 Å². The van der Waals surface area contributed by atoms with Crippen molar-refractivity contribution >= 4 is 44.0 Å². The van der Waals surface area contributed by atoms with Crippen molar-refractivity contribution in [2.45, 2.75) is 13.8 Å². The number of hydrogen-bond acceptors (Lipinski definition) is 3. The fourth-order valence-corrected chi connectivity index (χ4v) is 3.08. The van der Waals surface area contributed by atoms with Crippen LogP contribution in [0.25, 0.3) is 10.2 Å². The molecule has 0 saturated carbocycles. The number of aryl methyl sites for hydroxylation is 2. The number of hydrogen-bond donors (Lipinski definition) is 1. The van der Waals surface area contributed by atoms with Gasteiger partial charge in [-0.25, -0.2) is 4.98 Å². The fraction of sp³-hybridized carbons (Fsp3) is 0.133. The third-order valence-electron chi connectivity index (χ3n) is 2.99. The molecule has 0 aliphatic rings. The van der Waals surface area contributed by atoms with Crippen LogP contribution in [0.5, 0.6) is 0 Å². The van der Waals surface area contributed by atoms with Gasteiger partial charge >= 0.3 is 0 Å². The molecule has 1 N–H and O–H groups in total. The van der Waals surface area contributed by atoms with Crippen LogP contribution in [0.4, 0.5) is 10.8 Å². The smallest absolute Gasteiger partial charge is 0.188 e. The summed E-state index contributed by atoms with van der Waals surface area (Å²) in [6.07, 6.45) is 0.